The highest BCUT2D eigenvalue weighted by Crippen LogP contribution is 2.25. The number of benzene rings is 2. The first-order valence-electron chi connectivity index (χ1n) is 5.20. The zero-order valence-electron chi connectivity index (χ0n) is 9.18. The van der Waals surface area contributed by atoms with Gasteiger partial charge in [0.15, 0.2) is 0 Å². The van der Waals surface area contributed by atoms with E-state index in [0.717, 1.165) is 15.7 Å². The molecule has 0 aromatic heterocycles. The summed E-state index contributed by atoms with van der Waals surface area (Å²) in [6, 6.07) is 10.7. The summed E-state index contributed by atoms with van der Waals surface area (Å²) in [7, 11) is 0. The third kappa shape index (κ3) is 3.36. The van der Waals surface area contributed by atoms with Gasteiger partial charge in [0.2, 0.25) is 0 Å². The fraction of sp³-hybridized carbons (Fsp3) is 0.0769. The summed E-state index contributed by atoms with van der Waals surface area (Å²) in [5, 5.41) is 3.86. The summed E-state index contributed by atoms with van der Waals surface area (Å²) in [6.07, 6.45) is 0. The fourth-order valence-corrected chi connectivity index (χ4v) is 2.49. The third-order valence-electron chi connectivity index (χ3n) is 2.42. The van der Waals surface area contributed by atoms with Crippen LogP contribution in [-0.4, -0.2) is 0 Å². The Morgan fingerprint density at radius 2 is 2.06 bits per heavy atom. The molecule has 0 radical (unpaired) electrons. The minimum Gasteiger partial charge on any atom is -0.380 e. The van der Waals surface area contributed by atoms with Gasteiger partial charge in [-0.05, 0) is 68.3 Å². The maximum atomic E-state index is 13.3. The average Bonchev–Trinajstić information content (AvgIpc) is 2.35. The van der Waals surface area contributed by atoms with Gasteiger partial charge < -0.3 is 5.32 Å². The van der Waals surface area contributed by atoms with Gasteiger partial charge in [0.1, 0.15) is 5.82 Å². The van der Waals surface area contributed by atoms with E-state index in [1.54, 1.807) is 6.07 Å². The molecule has 2 rings (SSSR count). The summed E-state index contributed by atoms with van der Waals surface area (Å²) < 4.78 is 14.8. The molecule has 18 heavy (non-hydrogen) atoms. The molecule has 0 aliphatic carbocycles. The predicted octanol–water partition coefficient (Wildman–Crippen LogP) is 5.46. The third-order valence-corrected chi connectivity index (χ3v) is 4.75. The zero-order valence-corrected chi connectivity index (χ0v) is 13.7. The van der Waals surface area contributed by atoms with Gasteiger partial charge in [0, 0.05) is 11.0 Å². The Bertz CT molecular complexity index is 577. The van der Waals surface area contributed by atoms with Gasteiger partial charge in [-0.25, -0.2) is 4.39 Å². The quantitative estimate of drug-likeness (QED) is 0.625. The molecule has 0 bridgehead atoms. The Kier molecular flexibility index (Phi) is 4.86. The molecule has 2 aromatic carbocycles. The lowest BCUT2D eigenvalue weighted by Crippen LogP contribution is -2.02. The van der Waals surface area contributed by atoms with E-state index in [2.05, 4.69) is 21.2 Å². The van der Waals surface area contributed by atoms with Gasteiger partial charge in [0.05, 0.1) is 14.3 Å². The minimum absolute atomic E-state index is 0.213. The number of nitrogens with one attached hydrogen (secondary N) is 1. The van der Waals surface area contributed by atoms with Crippen molar-refractivity contribution in [1.29, 1.82) is 0 Å². The molecule has 5 heteroatoms. The maximum Gasteiger partial charge on any atom is 0.138 e. The van der Waals surface area contributed by atoms with Crippen molar-refractivity contribution in [1.82, 2.24) is 0 Å². The Balaban J connectivity index is 2.11. The number of hydrogen-bond donors (Lipinski definition) is 1. The second-order valence-corrected chi connectivity index (χ2v) is 6.04. The van der Waals surface area contributed by atoms with Gasteiger partial charge in [0.25, 0.3) is 0 Å². The van der Waals surface area contributed by atoms with E-state index in [1.807, 2.05) is 46.9 Å². The Morgan fingerprint density at radius 3 is 2.78 bits per heavy atom. The van der Waals surface area contributed by atoms with Crippen LogP contribution in [0.4, 0.5) is 10.1 Å². The van der Waals surface area contributed by atoms with Crippen LogP contribution >= 0.6 is 50.1 Å². The van der Waals surface area contributed by atoms with Crippen LogP contribution in [0.5, 0.6) is 0 Å². The second kappa shape index (κ2) is 6.21. The monoisotopic (exact) mass is 439 g/mol. The summed E-state index contributed by atoms with van der Waals surface area (Å²) in [6.45, 7) is 0.604. The molecule has 0 aliphatic heterocycles. The molecular formula is C13H9BrClFIN. The molecule has 0 aliphatic rings. The van der Waals surface area contributed by atoms with Gasteiger partial charge >= 0.3 is 0 Å². The van der Waals surface area contributed by atoms with Gasteiger partial charge in [-0.15, -0.1) is 0 Å². The van der Waals surface area contributed by atoms with Gasteiger partial charge in [-0.2, -0.15) is 0 Å². The average molecular weight is 440 g/mol. The fourth-order valence-electron chi connectivity index (χ4n) is 1.49. The SMILES string of the molecule is Fc1cccc(NCc2ccc(Br)c(Cl)c2)c1I. The number of hydrogen-bond acceptors (Lipinski definition) is 1. The molecule has 1 nitrogen and oxygen atoms in total. The lowest BCUT2D eigenvalue weighted by Gasteiger charge is -2.09. The first-order valence-corrected chi connectivity index (χ1v) is 7.44. The molecule has 0 heterocycles. The Labute approximate surface area is 132 Å². The molecular weight excluding hydrogens is 431 g/mol. The molecule has 0 amide bonds. The number of rotatable bonds is 3. The van der Waals surface area contributed by atoms with Crippen molar-refractivity contribution in [2.24, 2.45) is 0 Å². The second-order valence-electron chi connectivity index (χ2n) is 3.70. The van der Waals surface area contributed by atoms with Crippen LogP contribution in [0.1, 0.15) is 5.56 Å². The van der Waals surface area contributed by atoms with Crippen LogP contribution < -0.4 is 5.32 Å². The molecule has 1 N–H and O–H groups in total. The van der Waals surface area contributed by atoms with E-state index in [9.17, 15) is 4.39 Å². The van der Waals surface area contributed by atoms with Crippen molar-refractivity contribution in [3.05, 3.63) is 60.8 Å². The molecule has 2 aromatic rings. The van der Waals surface area contributed by atoms with Crippen molar-refractivity contribution in [3.63, 3.8) is 0 Å². The Hall–Kier alpha value is -0.330. The van der Waals surface area contributed by atoms with E-state index in [4.69, 9.17) is 11.6 Å². The van der Waals surface area contributed by atoms with Crippen LogP contribution in [-0.2, 0) is 6.54 Å². The maximum absolute atomic E-state index is 13.3. The van der Waals surface area contributed by atoms with E-state index >= 15 is 0 Å². The zero-order chi connectivity index (χ0) is 13.1. The van der Waals surface area contributed by atoms with Crippen molar-refractivity contribution < 1.29 is 4.39 Å². The van der Waals surface area contributed by atoms with E-state index in [-0.39, 0.29) is 5.82 Å². The van der Waals surface area contributed by atoms with E-state index in [1.165, 1.54) is 6.07 Å². The lowest BCUT2D eigenvalue weighted by molar-refractivity contribution is 0.621. The topological polar surface area (TPSA) is 12.0 Å². The lowest BCUT2D eigenvalue weighted by atomic mass is 10.2. The van der Waals surface area contributed by atoms with Crippen LogP contribution in [0.15, 0.2) is 40.9 Å². The molecule has 0 fully saturated rings. The molecule has 0 saturated carbocycles. The highest BCUT2D eigenvalue weighted by Gasteiger charge is 2.05. The molecule has 0 unspecified atom stereocenters. The standard InChI is InChI=1S/C13H9BrClFIN/c14-9-5-4-8(6-10(9)15)7-18-12-3-1-2-11(16)13(12)17/h1-6,18H,7H2. The Morgan fingerprint density at radius 1 is 1.28 bits per heavy atom. The highest BCUT2D eigenvalue weighted by molar-refractivity contribution is 14.1. The van der Waals surface area contributed by atoms with Crippen molar-refractivity contribution in [3.8, 4) is 0 Å². The van der Waals surface area contributed by atoms with Crippen LogP contribution in [0.25, 0.3) is 0 Å². The summed E-state index contributed by atoms with van der Waals surface area (Å²) in [5.74, 6) is -0.213. The van der Waals surface area contributed by atoms with Gasteiger partial charge in [-0.1, -0.05) is 23.7 Å². The molecule has 94 valence electrons. The van der Waals surface area contributed by atoms with Crippen molar-refractivity contribution in [2.45, 2.75) is 6.54 Å². The van der Waals surface area contributed by atoms with Crippen LogP contribution in [0.2, 0.25) is 5.02 Å². The summed E-state index contributed by atoms with van der Waals surface area (Å²) in [4.78, 5) is 0. The largest absolute Gasteiger partial charge is 0.380 e. The van der Waals surface area contributed by atoms with Crippen LogP contribution in [0.3, 0.4) is 0 Å². The summed E-state index contributed by atoms with van der Waals surface area (Å²) in [5.41, 5.74) is 1.83. The first-order chi connectivity index (χ1) is 8.58. The van der Waals surface area contributed by atoms with Gasteiger partial charge in [-0.3, -0.25) is 0 Å². The van der Waals surface area contributed by atoms with Crippen molar-refractivity contribution >= 4 is 55.8 Å². The predicted molar refractivity (Wildman–Crippen MR) is 85.6 cm³/mol. The highest BCUT2D eigenvalue weighted by atomic mass is 127. The summed E-state index contributed by atoms with van der Waals surface area (Å²) >= 11 is 11.3. The van der Waals surface area contributed by atoms with E-state index < -0.39 is 0 Å². The van der Waals surface area contributed by atoms with Crippen molar-refractivity contribution in [2.75, 3.05) is 5.32 Å². The first kappa shape index (κ1) is 14.1. The number of anilines is 1. The minimum atomic E-state index is -0.213. The normalized spacial score (nSPS) is 10.4. The molecule has 0 spiro atoms. The number of halogens is 4. The smallest absolute Gasteiger partial charge is 0.138 e. The molecule has 0 saturated heterocycles. The van der Waals surface area contributed by atoms with Crippen LogP contribution in [0, 0.1) is 9.39 Å². The molecule has 0 atom stereocenters. The van der Waals surface area contributed by atoms with E-state index in [0.29, 0.717) is 15.1 Å².